The predicted molar refractivity (Wildman–Crippen MR) is 47.7 cm³/mol. The molecule has 1 atom stereocenters. The molecule has 1 aromatic carbocycles. The van der Waals surface area contributed by atoms with Crippen LogP contribution < -0.4 is 4.18 Å². The first-order valence-corrected chi connectivity index (χ1v) is 4.47. The summed E-state index contributed by atoms with van der Waals surface area (Å²) in [6.07, 6.45) is 0. The van der Waals surface area contributed by atoms with Crippen molar-refractivity contribution in [3.8, 4) is 5.75 Å². The Hall–Kier alpha value is -0.870. The minimum Gasteiger partial charge on any atom is -0.388 e. The molecule has 0 heterocycles. The van der Waals surface area contributed by atoms with Crippen molar-refractivity contribution in [1.82, 2.24) is 4.31 Å². The molecule has 0 amide bonds. The lowest BCUT2D eigenvalue weighted by atomic mass is 10.3. The Morgan fingerprint density at radius 1 is 1.50 bits per heavy atom. The molecule has 0 fully saturated rings. The van der Waals surface area contributed by atoms with Crippen molar-refractivity contribution in [3.63, 3.8) is 0 Å². The van der Waals surface area contributed by atoms with Crippen LogP contribution in [0.4, 0.5) is 0 Å². The van der Waals surface area contributed by atoms with Crippen molar-refractivity contribution < 1.29 is 8.39 Å². The van der Waals surface area contributed by atoms with Crippen molar-refractivity contribution in [3.05, 3.63) is 30.3 Å². The molecule has 0 N–H and O–H groups in total. The average Bonchev–Trinajstić information content (AvgIpc) is 2.06. The first kappa shape index (κ1) is 9.22. The lowest BCUT2D eigenvalue weighted by molar-refractivity contribution is 0.493. The molecular formula is C8H10NO2S. The molecule has 65 valence electrons. The fourth-order valence-corrected chi connectivity index (χ4v) is 0.986. The Kier molecular flexibility index (Phi) is 3.25. The highest BCUT2D eigenvalue weighted by atomic mass is 32.2. The van der Waals surface area contributed by atoms with E-state index in [2.05, 4.69) is 6.07 Å². The van der Waals surface area contributed by atoms with Gasteiger partial charge in [0.1, 0.15) is 5.75 Å². The second-order valence-corrected chi connectivity index (χ2v) is 3.67. The molecule has 0 aromatic heterocycles. The molecule has 3 nitrogen and oxygen atoms in total. The van der Waals surface area contributed by atoms with Crippen LogP contribution in [0.15, 0.2) is 24.3 Å². The number of hydrogen-bond donors (Lipinski definition) is 0. The van der Waals surface area contributed by atoms with Gasteiger partial charge in [0.05, 0.1) is 0 Å². The molecule has 0 saturated carbocycles. The summed E-state index contributed by atoms with van der Waals surface area (Å²) in [4.78, 5) is 0. The molecule has 1 rings (SSSR count). The van der Waals surface area contributed by atoms with Gasteiger partial charge >= 0.3 is 0 Å². The van der Waals surface area contributed by atoms with E-state index in [0.29, 0.717) is 5.75 Å². The maximum atomic E-state index is 11.1. The molecule has 0 aliphatic rings. The van der Waals surface area contributed by atoms with Crippen LogP contribution in [0.5, 0.6) is 5.75 Å². The van der Waals surface area contributed by atoms with Gasteiger partial charge in [-0.2, -0.15) is 8.51 Å². The number of rotatable bonds is 3. The zero-order valence-electron chi connectivity index (χ0n) is 6.98. The summed E-state index contributed by atoms with van der Waals surface area (Å²) >= 11 is -1.42. The minimum atomic E-state index is -1.42. The van der Waals surface area contributed by atoms with Crippen LogP contribution in [0.25, 0.3) is 0 Å². The minimum absolute atomic E-state index is 0.490. The van der Waals surface area contributed by atoms with Crippen molar-refractivity contribution in [2.24, 2.45) is 0 Å². The van der Waals surface area contributed by atoms with E-state index >= 15 is 0 Å². The highest BCUT2D eigenvalue weighted by Crippen LogP contribution is 2.09. The Labute approximate surface area is 74.8 Å². The second-order valence-electron chi connectivity index (χ2n) is 2.34. The summed E-state index contributed by atoms with van der Waals surface area (Å²) in [5, 5.41) is 0. The van der Waals surface area contributed by atoms with Gasteiger partial charge in [-0.3, -0.25) is 0 Å². The van der Waals surface area contributed by atoms with Crippen LogP contribution in [0.2, 0.25) is 0 Å². The number of para-hydroxylation sites is 1. The van der Waals surface area contributed by atoms with Gasteiger partial charge in [0.15, 0.2) is 0 Å². The lowest BCUT2D eigenvalue weighted by Crippen LogP contribution is -2.19. The summed E-state index contributed by atoms with van der Waals surface area (Å²) in [7, 11) is 3.36. The zero-order valence-corrected chi connectivity index (χ0v) is 7.80. The molecule has 12 heavy (non-hydrogen) atoms. The Balaban J connectivity index is 2.59. The van der Waals surface area contributed by atoms with Crippen LogP contribution >= 0.6 is 0 Å². The van der Waals surface area contributed by atoms with Crippen molar-refractivity contribution in [1.29, 1.82) is 0 Å². The van der Waals surface area contributed by atoms with E-state index in [4.69, 9.17) is 4.18 Å². The van der Waals surface area contributed by atoms with Crippen LogP contribution in [0.1, 0.15) is 0 Å². The maximum absolute atomic E-state index is 11.1. The third-order valence-corrected chi connectivity index (χ3v) is 2.06. The Morgan fingerprint density at radius 2 is 2.25 bits per heavy atom. The summed E-state index contributed by atoms with van der Waals surface area (Å²) in [5.74, 6) is 0.490. The van der Waals surface area contributed by atoms with Gasteiger partial charge in [0.25, 0.3) is 11.3 Å². The second kappa shape index (κ2) is 4.23. The van der Waals surface area contributed by atoms with E-state index in [1.165, 1.54) is 4.31 Å². The van der Waals surface area contributed by atoms with Crippen LogP contribution in [-0.4, -0.2) is 22.6 Å². The van der Waals surface area contributed by atoms with E-state index in [1.54, 1.807) is 32.3 Å². The third-order valence-electron chi connectivity index (χ3n) is 1.14. The van der Waals surface area contributed by atoms with Gasteiger partial charge in [0.2, 0.25) is 0 Å². The molecule has 1 aromatic rings. The van der Waals surface area contributed by atoms with Gasteiger partial charge in [-0.25, -0.2) is 0 Å². The van der Waals surface area contributed by atoms with Crippen LogP contribution in [-0.2, 0) is 11.3 Å². The van der Waals surface area contributed by atoms with Crippen molar-refractivity contribution in [2.45, 2.75) is 0 Å². The molecule has 0 bridgehead atoms. The quantitative estimate of drug-likeness (QED) is 0.701. The largest absolute Gasteiger partial charge is 0.388 e. The number of benzene rings is 1. The predicted octanol–water partition coefficient (Wildman–Crippen LogP) is 1.01. The summed E-state index contributed by atoms with van der Waals surface area (Å²) < 4.78 is 17.6. The fraction of sp³-hybridized carbons (Fsp3) is 0.250. The van der Waals surface area contributed by atoms with Crippen LogP contribution in [0, 0.1) is 6.07 Å². The fourth-order valence-electron chi connectivity index (χ4n) is 0.580. The van der Waals surface area contributed by atoms with Gasteiger partial charge < -0.3 is 4.18 Å². The monoisotopic (exact) mass is 184 g/mol. The topological polar surface area (TPSA) is 29.5 Å². The van der Waals surface area contributed by atoms with Crippen molar-refractivity contribution in [2.75, 3.05) is 14.1 Å². The highest BCUT2D eigenvalue weighted by Gasteiger charge is 2.03. The van der Waals surface area contributed by atoms with Crippen molar-refractivity contribution >= 4 is 11.3 Å². The highest BCUT2D eigenvalue weighted by molar-refractivity contribution is 7.78. The maximum Gasteiger partial charge on any atom is 0.290 e. The first-order chi connectivity index (χ1) is 5.70. The molecular weight excluding hydrogens is 174 g/mol. The first-order valence-electron chi connectivity index (χ1n) is 3.44. The summed E-state index contributed by atoms with van der Waals surface area (Å²) in [6.45, 7) is 0. The number of nitrogens with zero attached hydrogens (tertiary/aromatic N) is 1. The summed E-state index contributed by atoms with van der Waals surface area (Å²) in [5.41, 5.74) is 0. The zero-order chi connectivity index (χ0) is 8.97. The van der Waals surface area contributed by atoms with E-state index in [1.807, 2.05) is 6.07 Å². The Morgan fingerprint density at radius 3 is 2.75 bits per heavy atom. The van der Waals surface area contributed by atoms with E-state index in [0.717, 1.165) is 0 Å². The van der Waals surface area contributed by atoms with E-state index in [9.17, 15) is 4.21 Å². The van der Waals surface area contributed by atoms with Gasteiger partial charge in [-0.15, -0.1) is 0 Å². The van der Waals surface area contributed by atoms with E-state index in [-0.39, 0.29) is 0 Å². The normalized spacial score (nSPS) is 12.9. The van der Waals surface area contributed by atoms with Gasteiger partial charge in [0, 0.05) is 20.2 Å². The van der Waals surface area contributed by atoms with Crippen LogP contribution in [0.3, 0.4) is 0 Å². The Bertz CT molecular complexity index is 261. The molecule has 0 saturated heterocycles. The third kappa shape index (κ3) is 2.64. The molecule has 1 unspecified atom stereocenters. The number of hydrogen-bond acceptors (Lipinski definition) is 2. The molecule has 0 aliphatic heterocycles. The molecule has 0 aliphatic carbocycles. The smallest absolute Gasteiger partial charge is 0.290 e. The summed E-state index contributed by atoms with van der Waals surface area (Å²) in [6, 6.07) is 9.86. The standard InChI is InChI=1S/C8H10NO2S/c1-9(2)12(10)11-8-6-4-3-5-7-8/h3-6H,1-2H3. The lowest BCUT2D eigenvalue weighted by Gasteiger charge is -2.08. The average molecular weight is 184 g/mol. The molecule has 0 spiro atoms. The molecule has 1 radical (unpaired) electrons. The van der Waals surface area contributed by atoms with Gasteiger partial charge in [-0.1, -0.05) is 18.2 Å². The molecule has 4 heteroatoms. The van der Waals surface area contributed by atoms with Gasteiger partial charge in [-0.05, 0) is 6.07 Å². The van der Waals surface area contributed by atoms with E-state index < -0.39 is 11.3 Å². The SMILES string of the molecule is CN(C)S(=O)Oc1[c]cccc1.